The second-order valence-corrected chi connectivity index (χ2v) is 3.23. The highest BCUT2D eigenvalue weighted by atomic mass is 35.5. The molecule has 0 spiro atoms. The van der Waals surface area contributed by atoms with Gasteiger partial charge in [-0.2, -0.15) is 0 Å². The van der Waals surface area contributed by atoms with Crippen LogP contribution in [-0.4, -0.2) is 23.4 Å². The molecule has 0 aliphatic carbocycles. The molecule has 15 heavy (non-hydrogen) atoms. The first kappa shape index (κ1) is 9.86. The second kappa shape index (κ2) is 3.82. The minimum Gasteiger partial charge on any atom is -0.497 e. The van der Waals surface area contributed by atoms with Crippen LogP contribution in [0.5, 0.6) is 5.75 Å². The first-order chi connectivity index (χ1) is 7.24. The lowest BCUT2D eigenvalue weighted by atomic mass is 10.2. The molecule has 0 bridgehead atoms. The molecule has 1 heterocycles. The van der Waals surface area contributed by atoms with E-state index in [0.29, 0.717) is 22.9 Å². The number of benzene rings is 1. The molecule has 76 valence electrons. The third-order valence-electron chi connectivity index (χ3n) is 1.98. The van der Waals surface area contributed by atoms with Gasteiger partial charge >= 0.3 is 0 Å². The fourth-order valence-electron chi connectivity index (χ4n) is 1.27. The lowest BCUT2D eigenvalue weighted by Gasteiger charge is -2.03. The van der Waals surface area contributed by atoms with Crippen LogP contribution >= 0.6 is 11.6 Å². The Kier molecular flexibility index (Phi) is 2.51. The van der Waals surface area contributed by atoms with Crippen molar-refractivity contribution in [2.45, 2.75) is 0 Å². The smallest absolute Gasteiger partial charge is 0.194 e. The Morgan fingerprint density at radius 3 is 2.87 bits per heavy atom. The number of aromatic nitrogens is 2. The normalized spacial score (nSPS) is 10.3. The molecular formula is C10H7ClN2O2. The number of hydrogen-bond donors (Lipinski definition) is 0. The standard InChI is InChI=1S/C10H7ClN2O2/c1-15-6-2-3-8-7(4-6)10(11)13-9(5-14)12-8/h2-5H,1H3. The van der Waals surface area contributed by atoms with Gasteiger partial charge in [-0.05, 0) is 18.2 Å². The zero-order valence-electron chi connectivity index (χ0n) is 7.90. The van der Waals surface area contributed by atoms with Crippen LogP contribution < -0.4 is 4.74 Å². The summed E-state index contributed by atoms with van der Waals surface area (Å²) in [6, 6.07) is 5.21. The van der Waals surface area contributed by atoms with E-state index in [4.69, 9.17) is 16.3 Å². The van der Waals surface area contributed by atoms with E-state index in [1.165, 1.54) is 0 Å². The molecule has 1 aromatic carbocycles. The molecule has 0 amide bonds. The maximum absolute atomic E-state index is 10.5. The Morgan fingerprint density at radius 1 is 1.40 bits per heavy atom. The summed E-state index contributed by atoms with van der Waals surface area (Å²) in [6.45, 7) is 0. The van der Waals surface area contributed by atoms with Gasteiger partial charge in [0.05, 0.1) is 12.6 Å². The summed E-state index contributed by atoms with van der Waals surface area (Å²) in [5.41, 5.74) is 0.623. The van der Waals surface area contributed by atoms with Crippen molar-refractivity contribution < 1.29 is 9.53 Å². The Balaban J connectivity index is 2.73. The minimum absolute atomic E-state index is 0.0812. The van der Waals surface area contributed by atoms with Gasteiger partial charge in [-0.25, -0.2) is 9.97 Å². The molecule has 2 rings (SSSR count). The van der Waals surface area contributed by atoms with Crippen molar-refractivity contribution in [3.05, 3.63) is 29.2 Å². The summed E-state index contributed by atoms with van der Waals surface area (Å²) in [7, 11) is 1.57. The maximum atomic E-state index is 10.5. The number of aldehydes is 1. The molecule has 0 radical (unpaired) electrons. The largest absolute Gasteiger partial charge is 0.497 e. The van der Waals surface area contributed by atoms with Crippen LogP contribution in [0.25, 0.3) is 10.9 Å². The number of ether oxygens (including phenoxy) is 1. The molecule has 2 aromatic rings. The van der Waals surface area contributed by atoms with E-state index in [2.05, 4.69) is 9.97 Å². The fourth-order valence-corrected chi connectivity index (χ4v) is 1.50. The number of halogens is 1. The molecule has 4 nitrogen and oxygen atoms in total. The molecule has 0 unspecified atom stereocenters. The van der Waals surface area contributed by atoms with Gasteiger partial charge in [0.1, 0.15) is 10.9 Å². The van der Waals surface area contributed by atoms with Crippen molar-refractivity contribution >= 4 is 28.8 Å². The molecule has 0 saturated carbocycles. The molecule has 0 atom stereocenters. The predicted octanol–water partition coefficient (Wildman–Crippen LogP) is 2.10. The Bertz CT molecular complexity index is 528. The van der Waals surface area contributed by atoms with Crippen molar-refractivity contribution in [3.8, 4) is 5.75 Å². The van der Waals surface area contributed by atoms with Gasteiger partial charge < -0.3 is 4.74 Å². The fraction of sp³-hybridized carbons (Fsp3) is 0.100. The summed E-state index contributed by atoms with van der Waals surface area (Å²) >= 11 is 5.90. The van der Waals surface area contributed by atoms with Crippen LogP contribution in [0.2, 0.25) is 5.15 Å². The third kappa shape index (κ3) is 1.76. The number of hydrogen-bond acceptors (Lipinski definition) is 4. The molecule has 0 saturated heterocycles. The number of rotatable bonds is 2. The number of fused-ring (bicyclic) bond motifs is 1. The van der Waals surface area contributed by atoms with Crippen LogP contribution in [0.3, 0.4) is 0 Å². The quantitative estimate of drug-likeness (QED) is 0.577. The highest BCUT2D eigenvalue weighted by Gasteiger charge is 2.06. The van der Waals surface area contributed by atoms with Gasteiger partial charge in [0.15, 0.2) is 12.1 Å². The zero-order chi connectivity index (χ0) is 10.8. The number of carbonyl (C=O) groups excluding carboxylic acids is 1. The second-order valence-electron chi connectivity index (χ2n) is 2.87. The number of methoxy groups -OCH3 is 1. The topological polar surface area (TPSA) is 52.1 Å². The molecule has 0 N–H and O–H groups in total. The average molecular weight is 223 g/mol. The molecule has 0 fully saturated rings. The Hall–Kier alpha value is -1.68. The van der Waals surface area contributed by atoms with Gasteiger partial charge in [-0.1, -0.05) is 11.6 Å². The zero-order valence-corrected chi connectivity index (χ0v) is 8.65. The number of nitrogens with zero attached hydrogens (tertiary/aromatic N) is 2. The summed E-state index contributed by atoms with van der Waals surface area (Å²) in [5.74, 6) is 0.754. The Labute approximate surface area is 90.9 Å². The summed E-state index contributed by atoms with van der Waals surface area (Å²) < 4.78 is 5.05. The van der Waals surface area contributed by atoms with Crippen molar-refractivity contribution in [2.75, 3.05) is 7.11 Å². The minimum atomic E-state index is 0.0812. The highest BCUT2D eigenvalue weighted by Crippen LogP contribution is 2.24. The van der Waals surface area contributed by atoms with E-state index >= 15 is 0 Å². The van der Waals surface area contributed by atoms with Gasteiger partial charge in [-0.3, -0.25) is 4.79 Å². The van der Waals surface area contributed by atoms with Gasteiger partial charge in [-0.15, -0.1) is 0 Å². The highest BCUT2D eigenvalue weighted by molar-refractivity contribution is 6.34. The van der Waals surface area contributed by atoms with Crippen molar-refractivity contribution in [2.24, 2.45) is 0 Å². The molecule has 1 aromatic heterocycles. The Morgan fingerprint density at radius 2 is 2.20 bits per heavy atom. The van der Waals surface area contributed by atoms with E-state index in [1.54, 1.807) is 25.3 Å². The summed E-state index contributed by atoms with van der Waals surface area (Å²) in [6.07, 6.45) is 0.565. The first-order valence-corrected chi connectivity index (χ1v) is 4.59. The van der Waals surface area contributed by atoms with Gasteiger partial charge in [0.25, 0.3) is 0 Å². The molecule has 0 aliphatic rings. The van der Waals surface area contributed by atoms with E-state index in [0.717, 1.165) is 0 Å². The van der Waals surface area contributed by atoms with Crippen LogP contribution in [-0.2, 0) is 0 Å². The van der Waals surface area contributed by atoms with E-state index < -0.39 is 0 Å². The van der Waals surface area contributed by atoms with Gasteiger partial charge in [0.2, 0.25) is 0 Å². The average Bonchev–Trinajstić information content (AvgIpc) is 2.28. The third-order valence-corrected chi connectivity index (χ3v) is 2.27. The van der Waals surface area contributed by atoms with Crippen LogP contribution in [0, 0.1) is 0 Å². The van der Waals surface area contributed by atoms with Gasteiger partial charge in [0, 0.05) is 5.39 Å². The van der Waals surface area contributed by atoms with E-state index in [1.807, 2.05) is 0 Å². The molecule has 0 aliphatic heterocycles. The molecular weight excluding hydrogens is 216 g/mol. The molecule has 5 heteroatoms. The van der Waals surface area contributed by atoms with Crippen molar-refractivity contribution in [1.82, 2.24) is 9.97 Å². The first-order valence-electron chi connectivity index (χ1n) is 4.21. The van der Waals surface area contributed by atoms with Crippen LogP contribution in [0.4, 0.5) is 0 Å². The van der Waals surface area contributed by atoms with Crippen molar-refractivity contribution in [3.63, 3.8) is 0 Å². The maximum Gasteiger partial charge on any atom is 0.194 e. The summed E-state index contributed by atoms with van der Waals surface area (Å²) in [5, 5.41) is 0.919. The van der Waals surface area contributed by atoms with Crippen LogP contribution in [0.15, 0.2) is 18.2 Å². The van der Waals surface area contributed by atoms with E-state index in [-0.39, 0.29) is 11.0 Å². The van der Waals surface area contributed by atoms with E-state index in [9.17, 15) is 4.79 Å². The lowest BCUT2D eigenvalue weighted by molar-refractivity contribution is 0.111. The monoisotopic (exact) mass is 222 g/mol. The lowest BCUT2D eigenvalue weighted by Crippen LogP contribution is -1.94. The summed E-state index contributed by atoms with van der Waals surface area (Å²) in [4.78, 5) is 18.4. The van der Waals surface area contributed by atoms with Crippen molar-refractivity contribution in [1.29, 1.82) is 0 Å². The SMILES string of the molecule is COc1ccc2nc(C=O)nc(Cl)c2c1. The predicted molar refractivity (Wildman–Crippen MR) is 56.5 cm³/mol. The van der Waals surface area contributed by atoms with Crippen LogP contribution in [0.1, 0.15) is 10.6 Å². The number of carbonyl (C=O) groups is 1.